The quantitative estimate of drug-likeness (QED) is 0.608. The summed E-state index contributed by atoms with van der Waals surface area (Å²) in [4.78, 5) is 0. The summed E-state index contributed by atoms with van der Waals surface area (Å²) in [5, 5.41) is 0. The molecule has 0 radical (unpaired) electrons. The molecule has 2 nitrogen and oxygen atoms in total. The SMILES string of the molecule is C1=Cc2ccccc2OC1.Cl.O. The summed E-state index contributed by atoms with van der Waals surface area (Å²) < 4.78 is 5.34. The highest BCUT2D eigenvalue weighted by Gasteiger charge is 2.01. The van der Waals surface area contributed by atoms with E-state index in [-0.39, 0.29) is 17.9 Å². The molecule has 1 aliphatic heterocycles. The summed E-state index contributed by atoms with van der Waals surface area (Å²) in [5.74, 6) is 0.991. The van der Waals surface area contributed by atoms with E-state index in [2.05, 4.69) is 6.08 Å². The fraction of sp³-hybridized carbons (Fsp3) is 0.111. The van der Waals surface area contributed by atoms with Gasteiger partial charge < -0.3 is 10.2 Å². The Bertz CT molecular complexity index is 271. The number of halogens is 1. The number of ether oxygens (including phenoxy) is 1. The highest BCUT2D eigenvalue weighted by Crippen LogP contribution is 2.21. The molecular weight excluding hydrogens is 176 g/mol. The Balaban J connectivity index is 0.000000605. The van der Waals surface area contributed by atoms with Crippen molar-refractivity contribution < 1.29 is 10.2 Å². The van der Waals surface area contributed by atoms with Gasteiger partial charge in [-0.1, -0.05) is 24.3 Å². The summed E-state index contributed by atoms with van der Waals surface area (Å²) in [5.41, 5.74) is 1.17. The lowest BCUT2D eigenvalue weighted by atomic mass is 10.1. The van der Waals surface area contributed by atoms with Gasteiger partial charge in [-0.3, -0.25) is 0 Å². The van der Waals surface area contributed by atoms with Gasteiger partial charge in [0.05, 0.1) is 0 Å². The molecule has 66 valence electrons. The van der Waals surface area contributed by atoms with Crippen LogP contribution in [0.15, 0.2) is 30.3 Å². The van der Waals surface area contributed by atoms with Gasteiger partial charge in [-0.2, -0.15) is 0 Å². The van der Waals surface area contributed by atoms with Gasteiger partial charge in [0.25, 0.3) is 0 Å². The van der Waals surface area contributed by atoms with Crippen LogP contribution in [0.25, 0.3) is 6.08 Å². The molecule has 2 rings (SSSR count). The standard InChI is InChI=1S/C9H8O.ClH.H2O/c1-2-6-9-8(4-1)5-3-7-10-9;;/h1-6H,7H2;1H;1H2. The normalized spacial score (nSPS) is 11.7. The maximum Gasteiger partial charge on any atom is 0.126 e. The van der Waals surface area contributed by atoms with Crippen LogP contribution in [-0.2, 0) is 0 Å². The van der Waals surface area contributed by atoms with Crippen LogP contribution in [0.3, 0.4) is 0 Å². The minimum absolute atomic E-state index is 0. The zero-order valence-corrected chi connectivity index (χ0v) is 7.30. The molecule has 3 heteroatoms. The van der Waals surface area contributed by atoms with Crippen molar-refractivity contribution in [3.8, 4) is 5.75 Å². The maximum absolute atomic E-state index is 5.34. The Morgan fingerprint density at radius 3 is 2.67 bits per heavy atom. The van der Waals surface area contributed by atoms with E-state index in [0.717, 1.165) is 5.75 Å². The average molecular weight is 187 g/mol. The first-order chi connectivity index (χ1) is 4.97. The number of para-hydroxylation sites is 1. The highest BCUT2D eigenvalue weighted by atomic mass is 35.5. The van der Waals surface area contributed by atoms with Gasteiger partial charge in [0, 0.05) is 5.56 Å². The van der Waals surface area contributed by atoms with Crippen molar-refractivity contribution in [3.63, 3.8) is 0 Å². The minimum Gasteiger partial charge on any atom is -0.489 e. The molecule has 0 aliphatic carbocycles. The van der Waals surface area contributed by atoms with Gasteiger partial charge in [0.15, 0.2) is 0 Å². The topological polar surface area (TPSA) is 40.7 Å². The second kappa shape index (κ2) is 4.80. The molecule has 0 saturated carbocycles. The first kappa shape index (κ1) is 11.0. The molecule has 0 unspecified atom stereocenters. The fourth-order valence-electron chi connectivity index (χ4n) is 1.06. The molecule has 12 heavy (non-hydrogen) atoms. The van der Waals surface area contributed by atoms with Crippen LogP contribution in [0.4, 0.5) is 0 Å². The molecule has 0 bridgehead atoms. The number of hydrogen-bond donors (Lipinski definition) is 0. The molecule has 0 aromatic heterocycles. The van der Waals surface area contributed by atoms with Gasteiger partial charge in [-0.15, -0.1) is 12.4 Å². The Morgan fingerprint density at radius 2 is 1.92 bits per heavy atom. The van der Waals surface area contributed by atoms with Crippen molar-refractivity contribution in [1.29, 1.82) is 0 Å². The number of benzene rings is 1. The first-order valence-electron chi connectivity index (χ1n) is 3.35. The number of rotatable bonds is 0. The predicted molar refractivity (Wildman–Crippen MR) is 51.8 cm³/mol. The zero-order chi connectivity index (χ0) is 6.81. The monoisotopic (exact) mass is 186 g/mol. The van der Waals surface area contributed by atoms with E-state index in [9.17, 15) is 0 Å². The molecule has 1 heterocycles. The molecule has 1 aromatic carbocycles. The highest BCUT2D eigenvalue weighted by molar-refractivity contribution is 5.85. The lowest BCUT2D eigenvalue weighted by molar-refractivity contribution is 0.358. The summed E-state index contributed by atoms with van der Waals surface area (Å²) >= 11 is 0. The molecule has 0 spiro atoms. The Kier molecular flexibility index (Phi) is 4.40. The third-order valence-electron chi connectivity index (χ3n) is 1.55. The summed E-state index contributed by atoms with van der Waals surface area (Å²) in [6, 6.07) is 8.03. The Morgan fingerprint density at radius 1 is 1.17 bits per heavy atom. The van der Waals surface area contributed by atoms with Crippen LogP contribution in [0.2, 0.25) is 0 Å². The van der Waals surface area contributed by atoms with Gasteiger partial charge in [0.1, 0.15) is 12.4 Å². The molecule has 0 fully saturated rings. The molecule has 0 saturated heterocycles. The second-order valence-electron chi connectivity index (χ2n) is 2.25. The van der Waals surface area contributed by atoms with Crippen molar-refractivity contribution in [3.05, 3.63) is 35.9 Å². The average Bonchev–Trinajstić information content (AvgIpc) is 2.05. The van der Waals surface area contributed by atoms with Crippen LogP contribution in [-0.4, -0.2) is 12.1 Å². The van der Waals surface area contributed by atoms with E-state index in [1.165, 1.54) is 5.56 Å². The third kappa shape index (κ3) is 2.00. The fourth-order valence-corrected chi connectivity index (χ4v) is 1.06. The van der Waals surface area contributed by atoms with Crippen LogP contribution >= 0.6 is 12.4 Å². The van der Waals surface area contributed by atoms with Crippen LogP contribution in [0.1, 0.15) is 5.56 Å². The second-order valence-corrected chi connectivity index (χ2v) is 2.25. The predicted octanol–water partition coefficient (Wildman–Crippen LogP) is 1.69. The summed E-state index contributed by atoms with van der Waals surface area (Å²) in [6.07, 6.45) is 4.10. The lowest BCUT2D eigenvalue weighted by Crippen LogP contribution is -1.98. The molecule has 2 N–H and O–H groups in total. The molecule has 1 aromatic rings. The summed E-state index contributed by atoms with van der Waals surface area (Å²) in [7, 11) is 0. The molecule has 1 aliphatic rings. The van der Waals surface area contributed by atoms with Crippen molar-refractivity contribution in [2.45, 2.75) is 0 Å². The van der Waals surface area contributed by atoms with E-state index in [1.807, 2.05) is 30.3 Å². The maximum atomic E-state index is 5.34. The van der Waals surface area contributed by atoms with Crippen molar-refractivity contribution in [1.82, 2.24) is 0 Å². The smallest absolute Gasteiger partial charge is 0.126 e. The first-order valence-corrected chi connectivity index (χ1v) is 3.35. The molecule has 0 atom stereocenters. The van der Waals surface area contributed by atoms with Crippen molar-refractivity contribution >= 4 is 18.5 Å². The number of hydrogen-bond acceptors (Lipinski definition) is 1. The zero-order valence-electron chi connectivity index (χ0n) is 6.49. The van der Waals surface area contributed by atoms with Gasteiger partial charge in [-0.05, 0) is 12.1 Å². The Hall–Kier alpha value is -0.990. The van der Waals surface area contributed by atoms with E-state index < -0.39 is 0 Å². The lowest BCUT2D eigenvalue weighted by Gasteiger charge is -2.10. The Labute approximate surface area is 77.6 Å². The van der Waals surface area contributed by atoms with Crippen molar-refractivity contribution in [2.24, 2.45) is 0 Å². The van der Waals surface area contributed by atoms with Crippen LogP contribution in [0, 0.1) is 0 Å². The van der Waals surface area contributed by atoms with E-state index in [1.54, 1.807) is 0 Å². The minimum atomic E-state index is 0. The van der Waals surface area contributed by atoms with Gasteiger partial charge >= 0.3 is 0 Å². The third-order valence-corrected chi connectivity index (χ3v) is 1.55. The van der Waals surface area contributed by atoms with Crippen LogP contribution in [0.5, 0.6) is 5.75 Å². The van der Waals surface area contributed by atoms with Gasteiger partial charge in [-0.25, -0.2) is 0 Å². The van der Waals surface area contributed by atoms with Crippen molar-refractivity contribution in [2.75, 3.05) is 6.61 Å². The van der Waals surface area contributed by atoms with E-state index in [4.69, 9.17) is 4.74 Å². The van der Waals surface area contributed by atoms with Gasteiger partial charge in [0.2, 0.25) is 0 Å². The summed E-state index contributed by atoms with van der Waals surface area (Å²) in [6.45, 7) is 0.705. The number of fused-ring (bicyclic) bond motifs is 1. The van der Waals surface area contributed by atoms with Crippen LogP contribution < -0.4 is 4.74 Å². The van der Waals surface area contributed by atoms with E-state index in [0.29, 0.717) is 6.61 Å². The molecule has 0 amide bonds. The van der Waals surface area contributed by atoms with E-state index >= 15 is 0 Å². The largest absolute Gasteiger partial charge is 0.489 e. The molecular formula is C9H11ClO2.